The van der Waals surface area contributed by atoms with Crippen molar-refractivity contribution >= 4 is 41.3 Å². The summed E-state index contributed by atoms with van der Waals surface area (Å²) in [5, 5.41) is 9.94. The van der Waals surface area contributed by atoms with Gasteiger partial charge in [0.15, 0.2) is 17.5 Å². The van der Waals surface area contributed by atoms with Gasteiger partial charge in [-0.1, -0.05) is 19.9 Å². The lowest BCUT2D eigenvalue weighted by Gasteiger charge is -2.26. The third-order valence-electron chi connectivity index (χ3n) is 4.76. The van der Waals surface area contributed by atoms with Crippen molar-refractivity contribution in [3.8, 4) is 11.5 Å². The fourth-order valence-corrected chi connectivity index (χ4v) is 3.88. The summed E-state index contributed by atoms with van der Waals surface area (Å²) in [4.78, 5) is 11.6. The second kappa shape index (κ2) is 13.7. The zero-order valence-electron chi connectivity index (χ0n) is 19.6. The lowest BCUT2D eigenvalue weighted by molar-refractivity contribution is 0.295. The van der Waals surface area contributed by atoms with Crippen LogP contribution in [0.15, 0.2) is 28.6 Å². The van der Waals surface area contributed by atoms with E-state index in [-0.39, 0.29) is 30.0 Å². The summed E-state index contributed by atoms with van der Waals surface area (Å²) in [6, 6.07) is 6.18. The molecule has 0 radical (unpaired) electrons. The standard InChI is InChI=1S/C22H35N5O2S.HI/c1-8-23-22(25-13-21-26-17(14-30-21)15(2)3)24-12-18(27(4)5)16-9-10-19(28-6)20(11-16)29-7;/h9-11,14-15,18H,8,12-13H2,1-7H3,(H2,23,24,25);1H. The Morgan fingerprint density at radius 2 is 1.87 bits per heavy atom. The van der Waals surface area contributed by atoms with Crippen molar-refractivity contribution in [2.45, 2.75) is 39.3 Å². The molecule has 31 heavy (non-hydrogen) atoms. The van der Waals surface area contributed by atoms with E-state index in [1.54, 1.807) is 25.6 Å². The summed E-state index contributed by atoms with van der Waals surface area (Å²) in [7, 11) is 7.43. The van der Waals surface area contributed by atoms with Crippen LogP contribution in [0.5, 0.6) is 11.5 Å². The highest BCUT2D eigenvalue weighted by molar-refractivity contribution is 14.0. The number of aliphatic imine (C=N–C) groups is 1. The average molecular weight is 562 g/mol. The van der Waals surface area contributed by atoms with Crippen molar-refractivity contribution in [1.29, 1.82) is 0 Å². The van der Waals surface area contributed by atoms with E-state index in [4.69, 9.17) is 14.5 Å². The van der Waals surface area contributed by atoms with E-state index < -0.39 is 0 Å². The second-order valence-corrected chi connectivity index (χ2v) is 8.43. The zero-order valence-corrected chi connectivity index (χ0v) is 22.7. The molecule has 1 atom stereocenters. The van der Waals surface area contributed by atoms with Gasteiger partial charge < -0.3 is 25.0 Å². The number of rotatable bonds is 10. The number of halogens is 1. The van der Waals surface area contributed by atoms with Gasteiger partial charge in [-0.2, -0.15) is 0 Å². The third kappa shape index (κ3) is 8.12. The van der Waals surface area contributed by atoms with Gasteiger partial charge >= 0.3 is 0 Å². The van der Waals surface area contributed by atoms with Crippen LogP contribution in [0.25, 0.3) is 0 Å². The van der Waals surface area contributed by atoms with E-state index in [1.165, 1.54) is 0 Å². The molecular formula is C22H36IN5O2S. The Morgan fingerprint density at radius 1 is 1.16 bits per heavy atom. The Labute approximate surface area is 207 Å². The van der Waals surface area contributed by atoms with Crippen molar-refractivity contribution in [3.05, 3.63) is 39.8 Å². The van der Waals surface area contributed by atoms with Crippen LogP contribution in [0.4, 0.5) is 0 Å². The highest BCUT2D eigenvalue weighted by Gasteiger charge is 2.17. The van der Waals surface area contributed by atoms with Gasteiger partial charge in [0.05, 0.1) is 32.5 Å². The van der Waals surface area contributed by atoms with Gasteiger partial charge in [0.2, 0.25) is 0 Å². The fourth-order valence-electron chi connectivity index (χ4n) is 3.00. The van der Waals surface area contributed by atoms with Gasteiger partial charge in [-0.15, -0.1) is 35.3 Å². The van der Waals surface area contributed by atoms with E-state index >= 15 is 0 Å². The minimum atomic E-state index is 0. The molecule has 0 fully saturated rings. The molecule has 1 unspecified atom stereocenters. The maximum Gasteiger partial charge on any atom is 0.191 e. The molecule has 2 rings (SSSR count). The molecule has 0 spiro atoms. The number of aromatic nitrogens is 1. The molecule has 0 bridgehead atoms. The van der Waals surface area contributed by atoms with Crippen LogP contribution in [0, 0.1) is 0 Å². The Balaban J connectivity index is 0.00000480. The number of hydrogen-bond donors (Lipinski definition) is 2. The summed E-state index contributed by atoms with van der Waals surface area (Å²) < 4.78 is 10.8. The molecule has 0 aliphatic heterocycles. The first-order valence-electron chi connectivity index (χ1n) is 10.2. The van der Waals surface area contributed by atoms with Crippen molar-refractivity contribution in [2.24, 2.45) is 4.99 Å². The smallest absolute Gasteiger partial charge is 0.191 e. The van der Waals surface area contributed by atoms with Crippen molar-refractivity contribution in [2.75, 3.05) is 41.4 Å². The van der Waals surface area contributed by atoms with E-state index in [9.17, 15) is 0 Å². The molecule has 7 nitrogen and oxygen atoms in total. The van der Waals surface area contributed by atoms with Crippen LogP contribution in [-0.2, 0) is 6.54 Å². The Bertz CT molecular complexity index is 826. The van der Waals surface area contributed by atoms with Crippen LogP contribution in [0.2, 0.25) is 0 Å². The van der Waals surface area contributed by atoms with Gasteiger partial charge in [-0.25, -0.2) is 9.98 Å². The van der Waals surface area contributed by atoms with E-state index in [1.807, 2.05) is 12.1 Å². The molecule has 9 heteroatoms. The summed E-state index contributed by atoms with van der Waals surface area (Å²) in [6.45, 7) is 8.44. The molecule has 0 aliphatic carbocycles. The largest absolute Gasteiger partial charge is 0.493 e. The number of benzene rings is 1. The number of guanidine groups is 1. The maximum absolute atomic E-state index is 5.47. The van der Waals surface area contributed by atoms with Crippen LogP contribution >= 0.6 is 35.3 Å². The number of ether oxygens (including phenoxy) is 2. The summed E-state index contributed by atoms with van der Waals surface area (Å²) in [6.07, 6.45) is 0. The number of likely N-dealkylation sites (N-methyl/N-ethyl adjacent to an activating group) is 1. The maximum atomic E-state index is 5.47. The number of thiazole rings is 1. The van der Waals surface area contributed by atoms with Crippen LogP contribution in [-0.4, -0.2) is 57.2 Å². The average Bonchev–Trinajstić information content (AvgIpc) is 3.21. The van der Waals surface area contributed by atoms with Gasteiger partial charge in [-0.05, 0) is 44.6 Å². The van der Waals surface area contributed by atoms with Crippen molar-refractivity contribution in [3.63, 3.8) is 0 Å². The summed E-state index contributed by atoms with van der Waals surface area (Å²) in [5.41, 5.74) is 2.27. The molecule has 2 N–H and O–H groups in total. The van der Waals surface area contributed by atoms with Crippen molar-refractivity contribution < 1.29 is 9.47 Å². The molecule has 0 aliphatic rings. The monoisotopic (exact) mass is 561 g/mol. The van der Waals surface area contributed by atoms with Crippen LogP contribution < -0.4 is 20.1 Å². The number of hydrogen-bond acceptors (Lipinski definition) is 6. The van der Waals surface area contributed by atoms with Gasteiger partial charge in [0.1, 0.15) is 5.01 Å². The number of nitrogens with zero attached hydrogens (tertiary/aromatic N) is 3. The Kier molecular flexibility index (Phi) is 12.2. The Hall–Kier alpha value is -1.59. The number of methoxy groups -OCH3 is 2. The lowest BCUT2D eigenvalue weighted by atomic mass is 10.1. The molecule has 1 aromatic carbocycles. The Morgan fingerprint density at radius 3 is 2.42 bits per heavy atom. The van der Waals surface area contributed by atoms with Gasteiger partial charge in [0.25, 0.3) is 0 Å². The first-order valence-corrected chi connectivity index (χ1v) is 11.1. The van der Waals surface area contributed by atoms with E-state index in [0.29, 0.717) is 19.0 Å². The molecule has 0 amide bonds. The molecule has 1 heterocycles. The minimum absolute atomic E-state index is 0. The first kappa shape index (κ1) is 27.4. The second-order valence-electron chi connectivity index (χ2n) is 7.49. The fraction of sp³-hybridized carbons (Fsp3) is 0.545. The molecule has 174 valence electrons. The molecular weight excluding hydrogens is 525 g/mol. The van der Waals surface area contributed by atoms with Crippen LogP contribution in [0.1, 0.15) is 49.0 Å². The van der Waals surface area contributed by atoms with Gasteiger partial charge in [0, 0.05) is 18.5 Å². The third-order valence-corrected chi connectivity index (χ3v) is 5.61. The minimum Gasteiger partial charge on any atom is -0.493 e. The van der Waals surface area contributed by atoms with E-state index in [0.717, 1.165) is 40.3 Å². The van der Waals surface area contributed by atoms with Crippen LogP contribution in [0.3, 0.4) is 0 Å². The molecule has 2 aromatic rings. The first-order chi connectivity index (χ1) is 14.4. The SMILES string of the molecule is CCNC(=NCc1nc(C(C)C)cs1)NCC(c1ccc(OC)c(OC)c1)N(C)C.I. The normalized spacial score (nSPS) is 12.5. The topological polar surface area (TPSA) is 71.0 Å². The highest BCUT2D eigenvalue weighted by Crippen LogP contribution is 2.31. The predicted molar refractivity (Wildman–Crippen MR) is 140 cm³/mol. The highest BCUT2D eigenvalue weighted by atomic mass is 127. The summed E-state index contributed by atoms with van der Waals surface area (Å²) in [5.74, 6) is 2.68. The summed E-state index contributed by atoms with van der Waals surface area (Å²) >= 11 is 1.66. The lowest BCUT2D eigenvalue weighted by Crippen LogP contribution is -2.41. The molecule has 0 saturated carbocycles. The molecule has 1 aromatic heterocycles. The zero-order chi connectivity index (χ0) is 22.1. The predicted octanol–water partition coefficient (Wildman–Crippen LogP) is 4.26. The molecule has 0 saturated heterocycles. The van der Waals surface area contributed by atoms with Crippen molar-refractivity contribution in [1.82, 2.24) is 20.5 Å². The number of nitrogens with one attached hydrogen (secondary N) is 2. The van der Waals surface area contributed by atoms with E-state index in [2.05, 4.69) is 66.8 Å². The quantitative estimate of drug-likeness (QED) is 0.257. The van der Waals surface area contributed by atoms with Gasteiger partial charge in [-0.3, -0.25) is 0 Å².